The van der Waals surface area contributed by atoms with Crippen molar-refractivity contribution in [1.29, 1.82) is 0 Å². The van der Waals surface area contributed by atoms with Crippen LogP contribution in [-0.4, -0.2) is 34.2 Å². The van der Waals surface area contributed by atoms with Crippen molar-refractivity contribution >= 4 is 37.3 Å². The standard InChI is InChI=1S/C19H23ClN2O4S2/c1-14-6-8-16(12-18(14)20)27(23,24)21-19-13-17(9-7-15(19)2)28(25,26)22-10-4-3-5-11-22/h6-9,12-13,21H,3-5,10-11H2,1-2H3. The molecule has 6 nitrogen and oxygen atoms in total. The Morgan fingerprint density at radius 2 is 1.46 bits per heavy atom. The zero-order chi connectivity index (χ0) is 20.5. The lowest BCUT2D eigenvalue weighted by Crippen LogP contribution is -2.35. The van der Waals surface area contributed by atoms with E-state index in [1.807, 2.05) is 0 Å². The lowest BCUT2D eigenvalue weighted by atomic mass is 10.2. The van der Waals surface area contributed by atoms with Crippen LogP contribution < -0.4 is 4.72 Å². The average Bonchev–Trinajstić information content (AvgIpc) is 2.66. The molecule has 0 aliphatic carbocycles. The summed E-state index contributed by atoms with van der Waals surface area (Å²) in [6.45, 7) is 4.47. The third-order valence-electron chi connectivity index (χ3n) is 4.86. The monoisotopic (exact) mass is 442 g/mol. The molecular weight excluding hydrogens is 420 g/mol. The second-order valence-corrected chi connectivity index (χ2v) is 11.0. The van der Waals surface area contributed by atoms with Crippen LogP contribution in [0, 0.1) is 13.8 Å². The van der Waals surface area contributed by atoms with Crippen LogP contribution in [-0.2, 0) is 20.0 Å². The van der Waals surface area contributed by atoms with Crippen molar-refractivity contribution < 1.29 is 16.8 Å². The van der Waals surface area contributed by atoms with Gasteiger partial charge in [-0.3, -0.25) is 4.72 Å². The zero-order valence-corrected chi connectivity index (χ0v) is 18.2. The quantitative estimate of drug-likeness (QED) is 0.760. The highest BCUT2D eigenvalue weighted by Crippen LogP contribution is 2.28. The molecule has 0 amide bonds. The molecule has 1 aliphatic heterocycles. The first kappa shape index (κ1) is 21.1. The first-order chi connectivity index (χ1) is 13.1. The smallest absolute Gasteiger partial charge is 0.261 e. The highest BCUT2D eigenvalue weighted by atomic mass is 35.5. The molecule has 1 aliphatic rings. The molecule has 2 aromatic rings. The van der Waals surface area contributed by atoms with E-state index in [0.717, 1.165) is 24.8 Å². The van der Waals surface area contributed by atoms with E-state index in [4.69, 9.17) is 11.6 Å². The van der Waals surface area contributed by atoms with Crippen molar-refractivity contribution in [2.24, 2.45) is 0 Å². The maximum absolute atomic E-state index is 12.9. The van der Waals surface area contributed by atoms with Crippen LogP contribution in [0.15, 0.2) is 46.2 Å². The van der Waals surface area contributed by atoms with Gasteiger partial charge in [-0.2, -0.15) is 4.31 Å². The van der Waals surface area contributed by atoms with Crippen molar-refractivity contribution in [1.82, 2.24) is 4.31 Å². The largest absolute Gasteiger partial charge is 0.279 e. The summed E-state index contributed by atoms with van der Waals surface area (Å²) in [5, 5.41) is 0.348. The first-order valence-corrected chi connectivity index (χ1v) is 12.3. The second kappa shape index (κ2) is 8.02. The number of hydrogen-bond acceptors (Lipinski definition) is 4. The number of aryl methyl sites for hydroxylation is 2. The molecule has 0 aromatic heterocycles. The summed E-state index contributed by atoms with van der Waals surface area (Å²) in [7, 11) is -7.56. The molecule has 0 saturated carbocycles. The van der Waals surface area contributed by atoms with E-state index in [9.17, 15) is 16.8 Å². The van der Waals surface area contributed by atoms with Gasteiger partial charge in [0.2, 0.25) is 10.0 Å². The number of hydrogen-bond donors (Lipinski definition) is 1. The van der Waals surface area contributed by atoms with Crippen molar-refractivity contribution in [3.05, 3.63) is 52.5 Å². The number of piperidine rings is 1. The molecule has 9 heteroatoms. The lowest BCUT2D eigenvalue weighted by molar-refractivity contribution is 0.346. The number of benzene rings is 2. The van der Waals surface area contributed by atoms with E-state index in [0.29, 0.717) is 23.7 Å². The van der Waals surface area contributed by atoms with Crippen LogP contribution in [0.1, 0.15) is 30.4 Å². The number of nitrogens with one attached hydrogen (secondary N) is 1. The van der Waals surface area contributed by atoms with E-state index >= 15 is 0 Å². The molecule has 1 heterocycles. The Balaban J connectivity index is 1.94. The van der Waals surface area contributed by atoms with Gasteiger partial charge in [-0.15, -0.1) is 0 Å². The molecule has 1 fully saturated rings. The molecule has 0 bridgehead atoms. The van der Waals surface area contributed by atoms with Gasteiger partial charge in [0, 0.05) is 18.1 Å². The fourth-order valence-corrected chi connectivity index (χ4v) is 6.01. The maximum atomic E-state index is 12.9. The van der Waals surface area contributed by atoms with Gasteiger partial charge in [-0.25, -0.2) is 16.8 Å². The molecule has 0 radical (unpaired) electrons. The van der Waals surface area contributed by atoms with Gasteiger partial charge in [0.05, 0.1) is 15.5 Å². The fraction of sp³-hybridized carbons (Fsp3) is 0.368. The van der Waals surface area contributed by atoms with E-state index in [1.54, 1.807) is 26.0 Å². The Labute approximate surface area is 171 Å². The molecule has 152 valence electrons. The van der Waals surface area contributed by atoms with Crippen molar-refractivity contribution in [3.8, 4) is 0 Å². The Morgan fingerprint density at radius 3 is 2.11 bits per heavy atom. The SMILES string of the molecule is Cc1ccc(S(=O)(=O)Nc2cc(S(=O)(=O)N3CCCCC3)ccc2C)cc1Cl. The Hall–Kier alpha value is -1.61. The van der Waals surface area contributed by atoms with Gasteiger partial charge < -0.3 is 0 Å². The second-order valence-electron chi connectivity index (χ2n) is 6.96. The molecular formula is C19H23ClN2O4S2. The molecule has 0 spiro atoms. The summed E-state index contributed by atoms with van der Waals surface area (Å²) < 4.78 is 55.3. The Morgan fingerprint density at radius 1 is 0.857 bits per heavy atom. The number of sulfonamides is 2. The molecule has 2 aromatic carbocycles. The summed E-state index contributed by atoms with van der Waals surface area (Å²) in [4.78, 5) is 0.103. The third kappa shape index (κ3) is 4.35. The summed E-state index contributed by atoms with van der Waals surface area (Å²) in [6.07, 6.45) is 2.68. The van der Waals surface area contributed by atoms with Crippen LogP contribution in [0.25, 0.3) is 0 Å². The average molecular weight is 443 g/mol. The number of nitrogens with zero attached hydrogens (tertiary/aromatic N) is 1. The van der Waals surface area contributed by atoms with Gasteiger partial charge in [-0.1, -0.05) is 30.2 Å². The summed E-state index contributed by atoms with van der Waals surface area (Å²) in [5.74, 6) is 0. The predicted octanol–water partition coefficient (Wildman–Crippen LogP) is 3.93. The maximum Gasteiger partial charge on any atom is 0.261 e. The third-order valence-corrected chi connectivity index (χ3v) is 8.52. The van der Waals surface area contributed by atoms with Gasteiger partial charge in [0.15, 0.2) is 0 Å². The topological polar surface area (TPSA) is 83.5 Å². The molecule has 1 saturated heterocycles. The minimum absolute atomic E-state index is 0.0202. The van der Waals surface area contributed by atoms with E-state index < -0.39 is 20.0 Å². The van der Waals surface area contributed by atoms with Gasteiger partial charge in [0.25, 0.3) is 10.0 Å². The van der Waals surface area contributed by atoms with E-state index in [-0.39, 0.29) is 15.5 Å². The summed E-state index contributed by atoms with van der Waals surface area (Å²) >= 11 is 6.05. The highest BCUT2D eigenvalue weighted by Gasteiger charge is 2.27. The summed E-state index contributed by atoms with van der Waals surface area (Å²) in [6, 6.07) is 8.97. The minimum Gasteiger partial charge on any atom is -0.279 e. The van der Waals surface area contributed by atoms with E-state index in [2.05, 4.69) is 4.72 Å². The lowest BCUT2D eigenvalue weighted by Gasteiger charge is -2.26. The Bertz CT molecular complexity index is 1090. The zero-order valence-electron chi connectivity index (χ0n) is 15.8. The van der Waals surface area contributed by atoms with Crippen molar-refractivity contribution in [3.63, 3.8) is 0 Å². The molecule has 28 heavy (non-hydrogen) atoms. The van der Waals surface area contributed by atoms with Crippen LogP contribution in [0.4, 0.5) is 5.69 Å². The molecule has 0 unspecified atom stereocenters. The molecule has 0 atom stereocenters. The Kier molecular flexibility index (Phi) is 6.05. The molecule has 3 rings (SSSR count). The predicted molar refractivity (Wildman–Crippen MR) is 111 cm³/mol. The van der Waals surface area contributed by atoms with Crippen LogP contribution in [0.3, 0.4) is 0 Å². The van der Waals surface area contributed by atoms with Gasteiger partial charge >= 0.3 is 0 Å². The summed E-state index contributed by atoms with van der Waals surface area (Å²) in [5.41, 5.74) is 1.63. The van der Waals surface area contributed by atoms with Crippen LogP contribution in [0.2, 0.25) is 5.02 Å². The minimum atomic E-state index is -3.91. The van der Waals surface area contributed by atoms with Crippen molar-refractivity contribution in [2.45, 2.75) is 42.9 Å². The first-order valence-electron chi connectivity index (χ1n) is 9.01. The van der Waals surface area contributed by atoms with Crippen molar-refractivity contribution in [2.75, 3.05) is 17.8 Å². The highest BCUT2D eigenvalue weighted by molar-refractivity contribution is 7.92. The normalized spacial score (nSPS) is 16.1. The number of anilines is 1. The van der Waals surface area contributed by atoms with Gasteiger partial charge in [-0.05, 0) is 62.1 Å². The van der Waals surface area contributed by atoms with Crippen LogP contribution >= 0.6 is 11.6 Å². The molecule has 1 N–H and O–H groups in total. The van der Waals surface area contributed by atoms with Crippen LogP contribution in [0.5, 0.6) is 0 Å². The van der Waals surface area contributed by atoms with Gasteiger partial charge in [0.1, 0.15) is 0 Å². The number of rotatable bonds is 5. The van der Waals surface area contributed by atoms with E-state index in [1.165, 1.54) is 28.6 Å². The number of halogens is 1. The fourth-order valence-electron chi connectivity index (χ4n) is 3.07.